The number of aromatic nitrogens is 2. The molecule has 3 amide bonds. The Kier molecular flexibility index (Phi) is 5.83. The fourth-order valence-corrected chi connectivity index (χ4v) is 3.07. The smallest absolute Gasteiger partial charge is 0.314 e. The lowest BCUT2D eigenvalue weighted by atomic mass is 9.97. The highest BCUT2D eigenvalue weighted by molar-refractivity contribution is 5.80. The molecule has 8 nitrogen and oxygen atoms in total. The Hall–Kier alpha value is -2.90. The molecule has 0 saturated carbocycles. The van der Waals surface area contributed by atoms with E-state index in [1.165, 1.54) is 4.90 Å². The highest BCUT2D eigenvalue weighted by atomic mass is 16.5. The molecule has 1 aliphatic heterocycles. The Balaban J connectivity index is 1.43. The molecule has 138 valence electrons. The van der Waals surface area contributed by atoms with Gasteiger partial charge in [-0.05, 0) is 18.4 Å². The summed E-state index contributed by atoms with van der Waals surface area (Å²) in [6, 6.07) is 9.45. The summed E-state index contributed by atoms with van der Waals surface area (Å²) in [6.45, 7) is 1.41. The van der Waals surface area contributed by atoms with E-state index < -0.39 is 6.03 Å². The zero-order valence-electron chi connectivity index (χ0n) is 14.6. The number of nitrogens with one attached hydrogen (secondary N) is 1. The third kappa shape index (κ3) is 4.81. The molecule has 1 atom stereocenters. The van der Waals surface area contributed by atoms with E-state index in [1.54, 1.807) is 0 Å². The first-order chi connectivity index (χ1) is 12.6. The molecule has 1 aromatic heterocycles. The molecule has 0 radical (unpaired) electrons. The summed E-state index contributed by atoms with van der Waals surface area (Å²) in [4.78, 5) is 29.4. The van der Waals surface area contributed by atoms with Gasteiger partial charge in [-0.2, -0.15) is 4.98 Å². The van der Waals surface area contributed by atoms with Crippen LogP contribution in [-0.2, 0) is 17.6 Å². The summed E-state index contributed by atoms with van der Waals surface area (Å²) in [6.07, 6.45) is 2.63. The number of urea groups is 1. The van der Waals surface area contributed by atoms with Crippen LogP contribution in [0.15, 0.2) is 34.9 Å². The van der Waals surface area contributed by atoms with Crippen molar-refractivity contribution in [1.82, 2.24) is 20.4 Å². The van der Waals surface area contributed by atoms with Crippen molar-refractivity contribution in [2.24, 2.45) is 11.7 Å². The number of likely N-dealkylation sites (tertiary alicyclic amines) is 1. The van der Waals surface area contributed by atoms with E-state index in [0.717, 1.165) is 18.4 Å². The Bertz CT molecular complexity index is 746. The van der Waals surface area contributed by atoms with Gasteiger partial charge in [-0.25, -0.2) is 4.79 Å². The van der Waals surface area contributed by atoms with Crippen LogP contribution >= 0.6 is 0 Å². The van der Waals surface area contributed by atoms with Crippen molar-refractivity contribution in [2.45, 2.75) is 25.7 Å². The van der Waals surface area contributed by atoms with Gasteiger partial charge in [0.25, 0.3) is 0 Å². The Morgan fingerprint density at radius 3 is 2.88 bits per heavy atom. The second kappa shape index (κ2) is 8.46. The molecule has 3 N–H and O–H groups in total. The molecule has 2 aromatic rings. The average Bonchev–Trinajstić information content (AvgIpc) is 3.09. The van der Waals surface area contributed by atoms with Crippen LogP contribution in [0.25, 0.3) is 0 Å². The second-order valence-electron chi connectivity index (χ2n) is 6.43. The van der Waals surface area contributed by atoms with Gasteiger partial charge >= 0.3 is 6.03 Å². The predicted octanol–water partition coefficient (Wildman–Crippen LogP) is 1.11. The van der Waals surface area contributed by atoms with Crippen molar-refractivity contribution < 1.29 is 14.1 Å². The van der Waals surface area contributed by atoms with Crippen molar-refractivity contribution in [2.75, 3.05) is 19.6 Å². The van der Waals surface area contributed by atoms with Gasteiger partial charge < -0.3 is 20.5 Å². The minimum Gasteiger partial charge on any atom is -0.355 e. The number of piperidine rings is 1. The number of rotatable bonds is 6. The summed E-state index contributed by atoms with van der Waals surface area (Å²) in [5.74, 6) is 0.841. The molecule has 26 heavy (non-hydrogen) atoms. The van der Waals surface area contributed by atoms with E-state index in [1.807, 2.05) is 30.3 Å². The summed E-state index contributed by atoms with van der Waals surface area (Å²) in [5.41, 5.74) is 6.41. The second-order valence-corrected chi connectivity index (χ2v) is 6.43. The zero-order chi connectivity index (χ0) is 18.4. The van der Waals surface area contributed by atoms with Gasteiger partial charge in [-0.15, -0.1) is 0 Å². The highest BCUT2D eigenvalue weighted by Crippen LogP contribution is 2.16. The lowest BCUT2D eigenvalue weighted by Gasteiger charge is -2.30. The molecule has 0 bridgehead atoms. The summed E-state index contributed by atoms with van der Waals surface area (Å²) >= 11 is 0. The van der Waals surface area contributed by atoms with E-state index in [4.69, 9.17) is 10.3 Å². The molecule has 3 rings (SSSR count). The quantitative estimate of drug-likeness (QED) is 0.804. The Labute approximate surface area is 151 Å². The van der Waals surface area contributed by atoms with Crippen LogP contribution in [0.3, 0.4) is 0 Å². The minimum absolute atomic E-state index is 0.0695. The van der Waals surface area contributed by atoms with Gasteiger partial charge in [0.15, 0.2) is 5.82 Å². The maximum atomic E-state index is 12.2. The van der Waals surface area contributed by atoms with Gasteiger partial charge in [-0.1, -0.05) is 35.5 Å². The summed E-state index contributed by atoms with van der Waals surface area (Å²) in [7, 11) is 0. The lowest BCUT2D eigenvalue weighted by Crippen LogP contribution is -2.47. The van der Waals surface area contributed by atoms with Gasteiger partial charge in [0, 0.05) is 32.5 Å². The van der Waals surface area contributed by atoms with Crippen LogP contribution in [-0.4, -0.2) is 46.6 Å². The van der Waals surface area contributed by atoms with Crippen LogP contribution in [0.4, 0.5) is 4.79 Å². The molecular formula is C18H23N5O3. The maximum absolute atomic E-state index is 12.2. The number of nitrogens with two attached hydrogens (primary N) is 1. The standard InChI is InChI=1S/C18H23N5O3/c19-18(25)23-10-4-7-14(12-23)17(24)20-9-8-16-21-15(22-26-16)11-13-5-2-1-3-6-13/h1-3,5-6,14H,4,7-12H2,(H2,19,25)(H,20,24)/t14-/m0/s1. The SMILES string of the molecule is NC(=O)N1CCC[C@H](C(=O)NCCc2nc(Cc3ccccc3)no2)C1. The van der Waals surface area contributed by atoms with Crippen LogP contribution in [0.2, 0.25) is 0 Å². The maximum Gasteiger partial charge on any atom is 0.314 e. The molecule has 1 saturated heterocycles. The predicted molar refractivity (Wildman–Crippen MR) is 94.1 cm³/mol. The highest BCUT2D eigenvalue weighted by Gasteiger charge is 2.27. The first-order valence-corrected chi connectivity index (χ1v) is 8.79. The third-order valence-electron chi connectivity index (χ3n) is 4.46. The van der Waals surface area contributed by atoms with Crippen molar-refractivity contribution in [3.8, 4) is 0 Å². The monoisotopic (exact) mass is 357 g/mol. The summed E-state index contributed by atoms with van der Waals surface area (Å²) < 4.78 is 5.23. The van der Waals surface area contributed by atoms with E-state index >= 15 is 0 Å². The molecule has 0 unspecified atom stereocenters. The number of primary amides is 1. The van der Waals surface area contributed by atoms with Crippen molar-refractivity contribution in [3.05, 3.63) is 47.6 Å². The largest absolute Gasteiger partial charge is 0.355 e. The number of hydrogen-bond acceptors (Lipinski definition) is 5. The number of carbonyl (C=O) groups excluding carboxylic acids is 2. The van der Waals surface area contributed by atoms with E-state index in [9.17, 15) is 9.59 Å². The van der Waals surface area contributed by atoms with Crippen molar-refractivity contribution >= 4 is 11.9 Å². The molecule has 0 aliphatic carbocycles. The lowest BCUT2D eigenvalue weighted by molar-refractivity contribution is -0.126. The molecule has 8 heteroatoms. The Morgan fingerprint density at radius 2 is 2.12 bits per heavy atom. The van der Waals surface area contributed by atoms with E-state index in [2.05, 4.69) is 15.5 Å². The molecule has 2 heterocycles. The van der Waals surface area contributed by atoms with Crippen LogP contribution in [0, 0.1) is 5.92 Å². The Morgan fingerprint density at radius 1 is 1.31 bits per heavy atom. The topological polar surface area (TPSA) is 114 Å². The summed E-state index contributed by atoms with van der Waals surface area (Å²) in [5, 5.41) is 6.85. The third-order valence-corrected chi connectivity index (χ3v) is 4.46. The number of benzene rings is 1. The number of hydrogen-bond donors (Lipinski definition) is 2. The molecule has 1 aliphatic rings. The minimum atomic E-state index is -0.473. The number of amides is 3. The molecule has 0 spiro atoms. The first kappa shape index (κ1) is 17.9. The van der Waals surface area contributed by atoms with E-state index in [0.29, 0.717) is 44.2 Å². The molecule has 1 fully saturated rings. The van der Waals surface area contributed by atoms with Crippen LogP contribution < -0.4 is 11.1 Å². The number of carbonyl (C=O) groups is 2. The molecular weight excluding hydrogens is 334 g/mol. The molecule has 1 aromatic carbocycles. The van der Waals surface area contributed by atoms with Crippen LogP contribution in [0.5, 0.6) is 0 Å². The fourth-order valence-electron chi connectivity index (χ4n) is 3.07. The average molecular weight is 357 g/mol. The normalized spacial score (nSPS) is 17.1. The number of nitrogens with zero attached hydrogens (tertiary/aromatic N) is 3. The van der Waals surface area contributed by atoms with Gasteiger partial charge in [0.05, 0.1) is 5.92 Å². The van der Waals surface area contributed by atoms with Gasteiger partial charge in [0.1, 0.15) is 0 Å². The first-order valence-electron chi connectivity index (χ1n) is 8.79. The van der Waals surface area contributed by atoms with E-state index in [-0.39, 0.29) is 11.8 Å². The van der Waals surface area contributed by atoms with Crippen molar-refractivity contribution in [3.63, 3.8) is 0 Å². The fraction of sp³-hybridized carbons (Fsp3) is 0.444. The van der Waals surface area contributed by atoms with Gasteiger partial charge in [0.2, 0.25) is 11.8 Å². The van der Waals surface area contributed by atoms with Crippen LogP contribution in [0.1, 0.15) is 30.1 Å². The van der Waals surface area contributed by atoms with Gasteiger partial charge in [-0.3, -0.25) is 4.79 Å². The van der Waals surface area contributed by atoms with Crippen molar-refractivity contribution in [1.29, 1.82) is 0 Å². The zero-order valence-corrected chi connectivity index (χ0v) is 14.6.